The number of carbonyl (C=O) groups excluding carboxylic acids is 2. The van der Waals surface area contributed by atoms with E-state index >= 15 is 0 Å². The average molecular weight is 647 g/mol. The Morgan fingerprint density at radius 2 is 1.64 bits per heavy atom. The summed E-state index contributed by atoms with van der Waals surface area (Å²) < 4.78 is 66.1. The maximum absolute atomic E-state index is 14.2. The fraction of sp³-hybridized carbons (Fsp3) is 0.200. The molecule has 14 heteroatoms. The predicted molar refractivity (Wildman–Crippen MR) is 141 cm³/mol. The summed E-state index contributed by atoms with van der Waals surface area (Å²) in [7, 11) is 0. The van der Waals surface area contributed by atoms with E-state index in [1.54, 1.807) is 0 Å². The van der Waals surface area contributed by atoms with Crippen LogP contribution in [0.2, 0.25) is 15.1 Å². The van der Waals surface area contributed by atoms with E-state index in [9.17, 15) is 31.5 Å². The van der Waals surface area contributed by atoms with Crippen LogP contribution < -0.4 is 11.1 Å². The molecule has 1 aliphatic carbocycles. The molecule has 0 radical (unpaired) electrons. The van der Waals surface area contributed by atoms with E-state index in [1.165, 1.54) is 24.3 Å². The van der Waals surface area contributed by atoms with Crippen LogP contribution in [-0.4, -0.2) is 16.0 Å². The molecule has 3 N–H and O–H groups in total. The SMILES string of the molecule is Nc1c(F)ccc(NC(=O)c2cc(CC(=O)C3C(c4cc(Cl)c(Cl)c(C(F)(F)F)c4)C3(Cl)Cl)ccc2Cl)c1F. The highest BCUT2D eigenvalue weighted by Crippen LogP contribution is 2.66. The van der Waals surface area contributed by atoms with Gasteiger partial charge in [0.1, 0.15) is 21.6 Å². The highest BCUT2D eigenvalue weighted by atomic mass is 35.5. The number of amides is 1. The molecular formula is C25H14Cl5F5N2O2. The van der Waals surface area contributed by atoms with E-state index in [1.807, 2.05) is 0 Å². The Balaban J connectivity index is 1.55. The van der Waals surface area contributed by atoms with Crippen LogP contribution >= 0.6 is 58.0 Å². The highest BCUT2D eigenvalue weighted by Gasteiger charge is 2.67. The number of hydrogen-bond acceptors (Lipinski definition) is 3. The number of carbonyl (C=O) groups is 2. The molecule has 4 rings (SSSR count). The lowest BCUT2D eigenvalue weighted by molar-refractivity contribution is -0.137. The van der Waals surface area contributed by atoms with E-state index in [-0.39, 0.29) is 33.2 Å². The number of ketones is 1. The van der Waals surface area contributed by atoms with Crippen molar-refractivity contribution in [2.45, 2.75) is 22.8 Å². The molecule has 0 aliphatic heterocycles. The van der Waals surface area contributed by atoms with Gasteiger partial charge in [-0.3, -0.25) is 9.59 Å². The van der Waals surface area contributed by atoms with Crippen LogP contribution in [0.25, 0.3) is 0 Å². The summed E-state index contributed by atoms with van der Waals surface area (Å²) in [6, 6.07) is 7.79. The zero-order valence-electron chi connectivity index (χ0n) is 19.1. The number of hydrogen-bond donors (Lipinski definition) is 2. The van der Waals surface area contributed by atoms with Gasteiger partial charge in [0, 0.05) is 12.3 Å². The maximum Gasteiger partial charge on any atom is 0.417 e. The van der Waals surface area contributed by atoms with Gasteiger partial charge in [-0.25, -0.2) is 8.78 Å². The molecule has 1 fully saturated rings. The molecular weight excluding hydrogens is 633 g/mol. The minimum atomic E-state index is -4.81. The van der Waals surface area contributed by atoms with Crippen molar-refractivity contribution in [1.29, 1.82) is 0 Å². The van der Waals surface area contributed by atoms with Gasteiger partial charge in [0.2, 0.25) is 0 Å². The third-order valence-electron chi connectivity index (χ3n) is 6.14. The van der Waals surface area contributed by atoms with Crippen LogP contribution in [0.5, 0.6) is 0 Å². The first-order valence-corrected chi connectivity index (χ1v) is 12.7. The lowest BCUT2D eigenvalue weighted by Gasteiger charge is -2.13. The topological polar surface area (TPSA) is 72.2 Å². The van der Waals surface area contributed by atoms with Crippen molar-refractivity contribution in [3.8, 4) is 0 Å². The Hall–Kier alpha value is -2.30. The van der Waals surface area contributed by atoms with Gasteiger partial charge < -0.3 is 11.1 Å². The molecule has 1 amide bonds. The van der Waals surface area contributed by atoms with Gasteiger partial charge in [0.15, 0.2) is 5.82 Å². The molecule has 0 heterocycles. The van der Waals surface area contributed by atoms with E-state index in [0.29, 0.717) is 0 Å². The molecule has 1 saturated carbocycles. The molecule has 0 bridgehead atoms. The molecule has 0 aromatic heterocycles. The highest BCUT2D eigenvalue weighted by molar-refractivity contribution is 6.53. The van der Waals surface area contributed by atoms with E-state index < -0.39 is 67.6 Å². The van der Waals surface area contributed by atoms with Gasteiger partial charge in [-0.2, -0.15) is 13.2 Å². The minimum absolute atomic E-state index is 0.0168. The molecule has 3 aromatic carbocycles. The van der Waals surface area contributed by atoms with E-state index in [4.69, 9.17) is 63.7 Å². The first kappa shape index (κ1) is 29.7. The Morgan fingerprint density at radius 1 is 0.974 bits per heavy atom. The van der Waals surface area contributed by atoms with E-state index in [2.05, 4.69) is 5.32 Å². The van der Waals surface area contributed by atoms with Crippen LogP contribution in [0.3, 0.4) is 0 Å². The molecule has 0 saturated heterocycles. The van der Waals surface area contributed by atoms with Crippen molar-refractivity contribution >= 4 is 81.1 Å². The lowest BCUT2D eigenvalue weighted by Crippen LogP contribution is -2.16. The summed E-state index contributed by atoms with van der Waals surface area (Å²) in [5.74, 6) is -5.69. The monoisotopic (exact) mass is 644 g/mol. The average Bonchev–Trinajstić information content (AvgIpc) is 3.43. The summed E-state index contributed by atoms with van der Waals surface area (Å²) in [5, 5.41) is 1.12. The first-order valence-electron chi connectivity index (χ1n) is 10.8. The fourth-order valence-corrected chi connectivity index (χ4v) is 5.68. The number of nitrogens with two attached hydrogens (primary N) is 1. The zero-order chi connectivity index (χ0) is 29.0. The van der Waals surface area contributed by atoms with Crippen LogP contribution in [0, 0.1) is 17.6 Å². The smallest absolute Gasteiger partial charge is 0.394 e. The van der Waals surface area contributed by atoms with Gasteiger partial charge >= 0.3 is 6.18 Å². The van der Waals surface area contributed by atoms with E-state index in [0.717, 1.165) is 18.2 Å². The third kappa shape index (κ3) is 5.79. The van der Waals surface area contributed by atoms with Gasteiger partial charge in [-0.15, -0.1) is 23.2 Å². The normalized spacial score (nSPS) is 18.1. The van der Waals surface area contributed by atoms with Crippen molar-refractivity contribution in [2.24, 2.45) is 5.92 Å². The molecule has 39 heavy (non-hydrogen) atoms. The number of Topliss-reactive ketones (excluding diaryl/α,β-unsaturated/α-hetero) is 1. The van der Waals surface area contributed by atoms with Crippen LogP contribution in [0.1, 0.15) is 33.0 Å². The summed E-state index contributed by atoms with van der Waals surface area (Å²) in [5.41, 5.74) is 3.06. The molecule has 2 atom stereocenters. The predicted octanol–water partition coefficient (Wildman–Crippen LogP) is 8.48. The molecule has 2 unspecified atom stereocenters. The van der Waals surface area contributed by atoms with Crippen LogP contribution in [-0.2, 0) is 17.4 Å². The number of nitrogen functional groups attached to an aromatic ring is 1. The largest absolute Gasteiger partial charge is 0.417 e. The standard InChI is InChI=1S/C25H14Cl5F5N2O2/c26-13-2-1-9(5-11(13)23(39)37-16-4-3-15(31)22(36)21(16)32)6-17(38)19-18(24(19,29)30)10-7-12(25(33,34)35)20(28)14(27)8-10/h1-5,7-8,18-19H,6,36H2,(H,37,39). The molecule has 0 spiro atoms. The summed E-state index contributed by atoms with van der Waals surface area (Å²) in [6.45, 7) is 0. The van der Waals surface area contributed by atoms with Crippen molar-refractivity contribution in [3.63, 3.8) is 0 Å². The Kier molecular flexibility index (Phi) is 8.06. The number of halogens is 10. The van der Waals surface area contributed by atoms with Crippen molar-refractivity contribution in [3.05, 3.63) is 91.4 Å². The number of alkyl halides is 5. The molecule has 206 valence electrons. The second-order valence-corrected chi connectivity index (χ2v) is 11.4. The second kappa shape index (κ2) is 10.6. The molecule has 4 nitrogen and oxygen atoms in total. The summed E-state index contributed by atoms with van der Waals surface area (Å²) >= 11 is 30.3. The quantitative estimate of drug-likeness (QED) is 0.160. The van der Waals surface area contributed by atoms with Gasteiger partial charge in [-0.05, 0) is 47.5 Å². The van der Waals surface area contributed by atoms with Crippen LogP contribution in [0.15, 0.2) is 42.5 Å². The first-order chi connectivity index (χ1) is 18.0. The molecule has 3 aromatic rings. The van der Waals surface area contributed by atoms with Gasteiger partial charge in [-0.1, -0.05) is 40.9 Å². The lowest BCUT2D eigenvalue weighted by atomic mass is 10.00. The Labute approximate surface area is 243 Å². The Morgan fingerprint density at radius 3 is 2.28 bits per heavy atom. The number of benzene rings is 3. The van der Waals surface area contributed by atoms with Gasteiger partial charge in [0.05, 0.1) is 37.8 Å². The minimum Gasteiger partial charge on any atom is -0.394 e. The third-order valence-corrected chi connectivity index (χ3v) is 8.22. The summed E-state index contributed by atoms with van der Waals surface area (Å²) in [4.78, 5) is 25.8. The number of rotatable bonds is 6. The maximum atomic E-state index is 14.2. The zero-order valence-corrected chi connectivity index (χ0v) is 22.9. The number of nitrogens with one attached hydrogen (secondary N) is 1. The van der Waals surface area contributed by atoms with Crippen molar-refractivity contribution in [1.82, 2.24) is 0 Å². The Bertz CT molecular complexity index is 1510. The second-order valence-electron chi connectivity index (χ2n) is 8.73. The fourth-order valence-electron chi connectivity index (χ4n) is 4.16. The van der Waals surface area contributed by atoms with Crippen molar-refractivity contribution < 1.29 is 31.5 Å². The van der Waals surface area contributed by atoms with Gasteiger partial charge in [0.25, 0.3) is 5.91 Å². The van der Waals surface area contributed by atoms with Crippen LogP contribution in [0.4, 0.5) is 33.3 Å². The van der Waals surface area contributed by atoms with Crippen molar-refractivity contribution in [2.75, 3.05) is 11.1 Å². The molecule has 1 aliphatic rings. The number of anilines is 2. The summed E-state index contributed by atoms with van der Waals surface area (Å²) in [6.07, 6.45) is -5.12.